The first-order chi connectivity index (χ1) is 18.6. The van der Waals surface area contributed by atoms with Gasteiger partial charge in [0.25, 0.3) is 0 Å². The van der Waals surface area contributed by atoms with Gasteiger partial charge in [-0.25, -0.2) is 14.8 Å². The first-order valence-electron chi connectivity index (χ1n) is 12.9. The number of aliphatic hydroxyl groups excluding tert-OH is 1. The average molecular weight is 542 g/mol. The van der Waals surface area contributed by atoms with Crippen LogP contribution in [0.3, 0.4) is 0 Å². The van der Waals surface area contributed by atoms with Crippen LogP contribution in [-0.4, -0.2) is 53.5 Å². The largest absolute Gasteiger partial charge is 0.477 e. The van der Waals surface area contributed by atoms with Gasteiger partial charge < -0.3 is 20.1 Å². The zero-order chi connectivity index (χ0) is 27.7. The first-order valence-corrected chi connectivity index (χ1v) is 12.9. The van der Waals surface area contributed by atoms with Gasteiger partial charge in [-0.15, -0.1) is 0 Å². The van der Waals surface area contributed by atoms with E-state index in [1.54, 1.807) is 23.1 Å². The average Bonchev–Trinajstić information content (AvgIpc) is 2.92. The lowest BCUT2D eigenvalue weighted by Gasteiger charge is -2.46. The number of amides is 2. The van der Waals surface area contributed by atoms with Gasteiger partial charge in [0.05, 0.1) is 29.6 Å². The minimum absolute atomic E-state index is 0.0157. The minimum Gasteiger partial charge on any atom is -0.477 e. The molecule has 2 aromatic heterocycles. The molecule has 1 saturated heterocycles. The van der Waals surface area contributed by atoms with Gasteiger partial charge in [-0.3, -0.25) is 4.90 Å². The van der Waals surface area contributed by atoms with Crippen LogP contribution in [-0.2, 0) is 6.18 Å². The van der Waals surface area contributed by atoms with Gasteiger partial charge >= 0.3 is 12.2 Å². The minimum atomic E-state index is -4.48. The molecule has 206 valence electrons. The number of nitrogens with zero attached hydrogens (tertiary/aromatic N) is 4. The van der Waals surface area contributed by atoms with Crippen molar-refractivity contribution >= 4 is 23.2 Å². The molecule has 0 unspecified atom stereocenters. The maximum atomic E-state index is 13.7. The number of benzene rings is 1. The summed E-state index contributed by atoms with van der Waals surface area (Å²) in [5.41, 5.74) is 1.97. The summed E-state index contributed by atoms with van der Waals surface area (Å²) in [6.45, 7) is 5.39. The topological polar surface area (TPSA) is 90.8 Å². The van der Waals surface area contributed by atoms with E-state index < -0.39 is 17.8 Å². The van der Waals surface area contributed by atoms with Crippen molar-refractivity contribution in [2.24, 2.45) is 5.92 Å². The molecule has 0 saturated carbocycles. The number of alkyl halides is 3. The Balaban J connectivity index is 1.48. The zero-order valence-electron chi connectivity index (χ0n) is 21.7. The van der Waals surface area contributed by atoms with Crippen LogP contribution in [0, 0.1) is 12.8 Å². The van der Waals surface area contributed by atoms with Crippen molar-refractivity contribution in [3.63, 3.8) is 0 Å². The highest BCUT2D eigenvalue weighted by molar-refractivity contribution is 6.04. The third kappa shape index (κ3) is 5.63. The van der Waals surface area contributed by atoms with Gasteiger partial charge in [0.1, 0.15) is 0 Å². The molecule has 11 heteroatoms. The van der Waals surface area contributed by atoms with Crippen LogP contribution >= 0.6 is 0 Å². The molecule has 0 spiro atoms. The Labute approximate surface area is 224 Å². The van der Waals surface area contributed by atoms with Gasteiger partial charge in [-0.2, -0.15) is 13.2 Å². The summed E-state index contributed by atoms with van der Waals surface area (Å²) >= 11 is 0. The number of aryl methyl sites for hydroxylation is 1. The fraction of sp³-hybridized carbons (Fsp3) is 0.393. The SMILES string of the molecule is Cc1cc2c(nc1-c1cccc(C(F)(F)F)c1)N(C(=O)Nc1ccnc(OC[C@H](C)CO)c1)[C@H]1CCCN2C1. The highest BCUT2D eigenvalue weighted by Crippen LogP contribution is 2.41. The fourth-order valence-electron chi connectivity index (χ4n) is 4.98. The van der Waals surface area contributed by atoms with Crippen LogP contribution in [0.1, 0.15) is 30.9 Å². The second-order valence-corrected chi connectivity index (χ2v) is 10.1. The molecule has 3 aromatic rings. The van der Waals surface area contributed by atoms with Crippen LogP contribution in [0.4, 0.5) is 35.2 Å². The maximum Gasteiger partial charge on any atom is 0.416 e. The molecule has 2 atom stereocenters. The predicted molar refractivity (Wildman–Crippen MR) is 142 cm³/mol. The Morgan fingerprint density at radius 2 is 2.08 bits per heavy atom. The highest BCUT2D eigenvalue weighted by Gasteiger charge is 2.39. The van der Waals surface area contributed by atoms with E-state index in [4.69, 9.17) is 9.72 Å². The van der Waals surface area contributed by atoms with Crippen LogP contribution in [0.5, 0.6) is 5.88 Å². The summed E-state index contributed by atoms with van der Waals surface area (Å²) in [4.78, 5) is 26.5. The number of ether oxygens (including phenoxy) is 1. The monoisotopic (exact) mass is 541 g/mol. The molecule has 0 radical (unpaired) electrons. The van der Waals surface area contributed by atoms with E-state index in [0.29, 0.717) is 35.2 Å². The highest BCUT2D eigenvalue weighted by atomic mass is 19.4. The van der Waals surface area contributed by atoms with Gasteiger partial charge in [-0.1, -0.05) is 19.1 Å². The molecule has 2 amide bonds. The normalized spacial score (nSPS) is 17.4. The van der Waals surface area contributed by atoms with Crippen molar-refractivity contribution in [3.05, 3.63) is 59.8 Å². The van der Waals surface area contributed by atoms with Gasteiger partial charge in [0, 0.05) is 49.1 Å². The second kappa shape index (κ2) is 10.7. The van der Waals surface area contributed by atoms with Crippen LogP contribution in [0.15, 0.2) is 48.7 Å². The van der Waals surface area contributed by atoms with Gasteiger partial charge in [-0.05, 0) is 49.6 Å². The van der Waals surface area contributed by atoms with Gasteiger partial charge in [0.15, 0.2) is 5.82 Å². The number of fused-ring (bicyclic) bond motifs is 4. The third-order valence-corrected chi connectivity index (χ3v) is 7.00. The van der Waals surface area contributed by atoms with E-state index in [2.05, 4.69) is 15.2 Å². The third-order valence-electron chi connectivity index (χ3n) is 7.00. The molecule has 1 aromatic carbocycles. The molecule has 1 fully saturated rings. The second-order valence-electron chi connectivity index (χ2n) is 10.1. The number of rotatable bonds is 6. The van der Waals surface area contributed by atoms with Crippen molar-refractivity contribution in [2.75, 3.05) is 41.4 Å². The van der Waals surface area contributed by atoms with E-state index >= 15 is 0 Å². The van der Waals surface area contributed by atoms with E-state index in [9.17, 15) is 23.1 Å². The quantitative estimate of drug-likeness (QED) is 0.429. The molecule has 4 heterocycles. The van der Waals surface area contributed by atoms with Crippen molar-refractivity contribution in [3.8, 4) is 17.1 Å². The van der Waals surface area contributed by atoms with Crippen LogP contribution in [0.2, 0.25) is 0 Å². The maximum absolute atomic E-state index is 13.7. The Morgan fingerprint density at radius 3 is 2.85 bits per heavy atom. The van der Waals surface area contributed by atoms with Crippen LogP contribution < -0.4 is 19.9 Å². The number of aromatic nitrogens is 2. The Bertz CT molecular complexity index is 1370. The lowest BCUT2D eigenvalue weighted by Crippen LogP contribution is -2.56. The lowest BCUT2D eigenvalue weighted by molar-refractivity contribution is -0.137. The van der Waals surface area contributed by atoms with Crippen molar-refractivity contribution in [1.82, 2.24) is 9.97 Å². The fourth-order valence-corrected chi connectivity index (χ4v) is 4.98. The first kappa shape index (κ1) is 26.7. The number of halogens is 3. The molecule has 2 aliphatic heterocycles. The number of anilines is 3. The molecule has 39 heavy (non-hydrogen) atoms. The Morgan fingerprint density at radius 1 is 1.26 bits per heavy atom. The summed E-state index contributed by atoms with van der Waals surface area (Å²) < 4.78 is 45.9. The number of hydrogen-bond acceptors (Lipinski definition) is 6. The lowest BCUT2D eigenvalue weighted by atomic mass is 9.97. The number of carbonyl (C=O) groups is 1. The number of aliphatic hydroxyl groups is 1. The Kier molecular flexibility index (Phi) is 7.35. The molecule has 0 aliphatic carbocycles. The zero-order valence-corrected chi connectivity index (χ0v) is 21.7. The molecule has 2 bridgehead atoms. The standard InChI is InChI=1S/C28H30F3N5O3/c1-17(15-37)16-39-24-13-21(8-9-32-24)33-27(38)36-22-7-4-10-35(14-22)23-11-18(2)25(34-26(23)36)19-5-3-6-20(12-19)28(29,30)31/h3,5-6,8-9,11-13,17,22,37H,4,7,10,14-16H2,1-2H3,(H,32,33,38)/t17-,22+/m1/s1. The summed E-state index contributed by atoms with van der Waals surface area (Å²) in [5, 5.41) is 12.1. The van der Waals surface area contributed by atoms with Crippen LogP contribution in [0.25, 0.3) is 11.3 Å². The smallest absolute Gasteiger partial charge is 0.416 e. The van der Waals surface area contributed by atoms with Crippen molar-refractivity contribution in [1.29, 1.82) is 0 Å². The van der Waals surface area contributed by atoms with E-state index in [0.717, 1.165) is 42.8 Å². The molecule has 2 aliphatic rings. The molecular weight excluding hydrogens is 511 g/mol. The summed E-state index contributed by atoms with van der Waals surface area (Å²) in [6, 6.07) is 9.71. The Hall–Kier alpha value is -3.86. The number of carbonyl (C=O) groups excluding carboxylic acids is 1. The summed E-state index contributed by atoms with van der Waals surface area (Å²) in [5.74, 6) is 0.671. The molecular formula is C28H30F3N5O3. The predicted octanol–water partition coefficient (Wildman–Crippen LogP) is 5.50. The number of urea groups is 1. The number of pyridine rings is 2. The van der Waals surface area contributed by atoms with Crippen molar-refractivity contribution in [2.45, 2.75) is 38.9 Å². The molecule has 2 N–H and O–H groups in total. The number of nitrogens with one attached hydrogen (secondary N) is 1. The molecule has 5 rings (SSSR count). The number of piperidine rings is 1. The molecule has 8 nitrogen and oxygen atoms in total. The van der Waals surface area contributed by atoms with Crippen molar-refractivity contribution < 1.29 is 27.8 Å². The van der Waals surface area contributed by atoms with E-state index in [1.165, 1.54) is 12.3 Å². The number of hydrogen-bond donors (Lipinski definition) is 2. The summed E-state index contributed by atoms with van der Waals surface area (Å²) in [6.07, 6.45) is -1.27. The van der Waals surface area contributed by atoms with E-state index in [-0.39, 0.29) is 25.2 Å². The summed E-state index contributed by atoms with van der Waals surface area (Å²) in [7, 11) is 0. The van der Waals surface area contributed by atoms with E-state index in [1.807, 2.05) is 19.9 Å². The van der Waals surface area contributed by atoms with Gasteiger partial charge in [0.2, 0.25) is 5.88 Å².